The van der Waals surface area contributed by atoms with Gasteiger partial charge in [-0.25, -0.2) is 0 Å². The normalized spacial score (nSPS) is 18.8. The van der Waals surface area contributed by atoms with E-state index in [1.807, 2.05) is 29.2 Å². The summed E-state index contributed by atoms with van der Waals surface area (Å²) >= 11 is 0. The van der Waals surface area contributed by atoms with Crippen LogP contribution in [0.5, 0.6) is 0 Å². The second-order valence-corrected chi connectivity index (χ2v) is 4.28. The molecule has 1 atom stereocenters. The van der Waals surface area contributed by atoms with Gasteiger partial charge in [0.05, 0.1) is 11.3 Å². The SMILES string of the molecule is CC(O)N1CCN(c2ccccc2C#N)CC1. The van der Waals surface area contributed by atoms with Crippen LogP contribution in [0.1, 0.15) is 12.5 Å². The van der Waals surface area contributed by atoms with Crippen LogP contribution >= 0.6 is 0 Å². The maximum Gasteiger partial charge on any atom is 0.104 e. The van der Waals surface area contributed by atoms with Crippen molar-refractivity contribution < 1.29 is 5.11 Å². The number of hydrogen-bond acceptors (Lipinski definition) is 4. The van der Waals surface area contributed by atoms with Crippen LogP contribution in [0, 0.1) is 11.3 Å². The van der Waals surface area contributed by atoms with E-state index in [-0.39, 0.29) is 6.23 Å². The predicted molar refractivity (Wildman–Crippen MR) is 66.6 cm³/mol. The van der Waals surface area contributed by atoms with E-state index in [2.05, 4.69) is 11.0 Å². The monoisotopic (exact) mass is 231 g/mol. The van der Waals surface area contributed by atoms with E-state index < -0.39 is 0 Å². The molecule has 0 bridgehead atoms. The second kappa shape index (κ2) is 5.17. The largest absolute Gasteiger partial charge is 0.379 e. The van der Waals surface area contributed by atoms with Crippen molar-refractivity contribution in [3.8, 4) is 6.07 Å². The van der Waals surface area contributed by atoms with Crippen molar-refractivity contribution in [1.29, 1.82) is 5.26 Å². The summed E-state index contributed by atoms with van der Waals surface area (Å²) in [5, 5.41) is 18.6. The Kier molecular flexibility index (Phi) is 3.62. The number of anilines is 1. The smallest absolute Gasteiger partial charge is 0.104 e. The zero-order valence-electron chi connectivity index (χ0n) is 10.0. The lowest BCUT2D eigenvalue weighted by Crippen LogP contribution is -2.49. The summed E-state index contributed by atoms with van der Waals surface area (Å²) in [5.74, 6) is 0. The molecule has 4 nitrogen and oxygen atoms in total. The van der Waals surface area contributed by atoms with Gasteiger partial charge in [0.2, 0.25) is 0 Å². The Morgan fingerprint density at radius 1 is 1.24 bits per heavy atom. The molecule has 1 aromatic rings. The van der Waals surface area contributed by atoms with Crippen LogP contribution in [0.3, 0.4) is 0 Å². The quantitative estimate of drug-likeness (QED) is 0.825. The average Bonchev–Trinajstić information content (AvgIpc) is 2.39. The van der Waals surface area contributed by atoms with Gasteiger partial charge in [0, 0.05) is 26.2 Å². The molecule has 0 radical (unpaired) electrons. The standard InChI is InChI=1S/C13H17N3O/c1-11(17)15-6-8-16(9-7-15)13-5-3-2-4-12(13)10-14/h2-5,11,17H,6-9H2,1H3. The molecule has 1 aromatic carbocycles. The minimum absolute atomic E-state index is 0.386. The molecule has 1 N–H and O–H groups in total. The van der Waals surface area contributed by atoms with Crippen molar-refractivity contribution in [3.05, 3.63) is 29.8 Å². The van der Waals surface area contributed by atoms with Gasteiger partial charge in [-0.05, 0) is 19.1 Å². The molecule has 0 saturated carbocycles. The third kappa shape index (κ3) is 2.57. The molecule has 4 heteroatoms. The number of aliphatic hydroxyl groups excluding tert-OH is 1. The Morgan fingerprint density at radius 2 is 1.88 bits per heavy atom. The number of aliphatic hydroxyl groups is 1. The van der Waals surface area contributed by atoms with Crippen LogP contribution in [-0.4, -0.2) is 42.4 Å². The van der Waals surface area contributed by atoms with E-state index in [0.29, 0.717) is 0 Å². The fourth-order valence-electron chi connectivity index (χ4n) is 2.18. The first-order valence-corrected chi connectivity index (χ1v) is 5.88. The van der Waals surface area contributed by atoms with Gasteiger partial charge in [-0.2, -0.15) is 5.26 Å². The summed E-state index contributed by atoms with van der Waals surface area (Å²) in [5.41, 5.74) is 1.72. The van der Waals surface area contributed by atoms with Gasteiger partial charge < -0.3 is 10.0 Å². The Hall–Kier alpha value is -1.57. The number of hydrogen-bond donors (Lipinski definition) is 1. The summed E-state index contributed by atoms with van der Waals surface area (Å²) in [6.45, 7) is 5.15. The number of nitriles is 1. The summed E-state index contributed by atoms with van der Waals surface area (Å²) in [6, 6.07) is 9.89. The lowest BCUT2D eigenvalue weighted by molar-refractivity contribution is 0.0153. The molecule has 1 aliphatic heterocycles. The van der Waals surface area contributed by atoms with Crippen molar-refractivity contribution >= 4 is 5.69 Å². The van der Waals surface area contributed by atoms with E-state index in [9.17, 15) is 5.11 Å². The number of rotatable bonds is 2. The highest BCUT2D eigenvalue weighted by atomic mass is 16.3. The van der Waals surface area contributed by atoms with E-state index >= 15 is 0 Å². The highest BCUT2D eigenvalue weighted by Gasteiger charge is 2.20. The predicted octanol–water partition coefficient (Wildman–Crippen LogP) is 1.02. The summed E-state index contributed by atoms with van der Waals surface area (Å²) in [7, 11) is 0. The molecule has 1 unspecified atom stereocenters. The van der Waals surface area contributed by atoms with Crippen molar-refractivity contribution in [2.24, 2.45) is 0 Å². The molecule has 1 heterocycles. The molecule has 2 rings (SSSR count). The molecule has 1 aliphatic rings. The fourth-order valence-corrected chi connectivity index (χ4v) is 2.18. The summed E-state index contributed by atoms with van der Waals surface area (Å²) < 4.78 is 0. The van der Waals surface area contributed by atoms with Crippen LogP contribution < -0.4 is 4.90 Å². The van der Waals surface area contributed by atoms with Gasteiger partial charge in [0.15, 0.2) is 0 Å². The zero-order chi connectivity index (χ0) is 12.3. The van der Waals surface area contributed by atoms with Crippen LogP contribution in [0.25, 0.3) is 0 Å². The van der Waals surface area contributed by atoms with Crippen molar-refractivity contribution in [2.45, 2.75) is 13.2 Å². The minimum Gasteiger partial charge on any atom is -0.379 e. The highest BCUT2D eigenvalue weighted by Crippen LogP contribution is 2.21. The maximum absolute atomic E-state index is 9.49. The molecular weight excluding hydrogens is 214 g/mol. The Balaban J connectivity index is 2.08. The second-order valence-electron chi connectivity index (χ2n) is 4.28. The maximum atomic E-state index is 9.49. The van der Waals surface area contributed by atoms with Crippen LogP contribution in [0.15, 0.2) is 24.3 Å². The Morgan fingerprint density at radius 3 is 2.47 bits per heavy atom. The van der Waals surface area contributed by atoms with Gasteiger partial charge in [0.25, 0.3) is 0 Å². The van der Waals surface area contributed by atoms with E-state index in [1.165, 1.54) is 0 Å². The van der Waals surface area contributed by atoms with Gasteiger partial charge in [0.1, 0.15) is 12.3 Å². The van der Waals surface area contributed by atoms with Gasteiger partial charge in [-0.15, -0.1) is 0 Å². The minimum atomic E-state index is -0.386. The van der Waals surface area contributed by atoms with Gasteiger partial charge >= 0.3 is 0 Å². The number of benzene rings is 1. The van der Waals surface area contributed by atoms with Crippen LogP contribution in [0.4, 0.5) is 5.69 Å². The zero-order valence-corrected chi connectivity index (χ0v) is 10.0. The molecule has 0 aliphatic carbocycles. The average molecular weight is 231 g/mol. The van der Waals surface area contributed by atoms with E-state index in [0.717, 1.165) is 37.4 Å². The first-order chi connectivity index (χ1) is 8.22. The lowest BCUT2D eigenvalue weighted by atomic mass is 10.1. The van der Waals surface area contributed by atoms with Crippen molar-refractivity contribution in [3.63, 3.8) is 0 Å². The highest BCUT2D eigenvalue weighted by molar-refractivity contribution is 5.59. The Labute approximate surface area is 102 Å². The van der Waals surface area contributed by atoms with E-state index in [4.69, 9.17) is 5.26 Å². The number of piperazine rings is 1. The molecule has 1 fully saturated rings. The third-order valence-electron chi connectivity index (χ3n) is 3.21. The molecular formula is C13H17N3O. The van der Waals surface area contributed by atoms with E-state index in [1.54, 1.807) is 6.92 Å². The van der Waals surface area contributed by atoms with Crippen LogP contribution in [-0.2, 0) is 0 Å². The third-order valence-corrected chi connectivity index (χ3v) is 3.21. The lowest BCUT2D eigenvalue weighted by Gasteiger charge is -2.37. The molecule has 17 heavy (non-hydrogen) atoms. The fraction of sp³-hybridized carbons (Fsp3) is 0.462. The molecule has 1 saturated heterocycles. The molecule has 0 aromatic heterocycles. The van der Waals surface area contributed by atoms with Crippen molar-refractivity contribution in [1.82, 2.24) is 4.90 Å². The first-order valence-electron chi connectivity index (χ1n) is 5.88. The first kappa shape index (κ1) is 11.9. The topological polar surface area (TPSA) is 50.5 Å². The summed E-state index contributed by atoms with van der Waals surface area (Å²) in [6.07, 6.45) is -0.386. The molecule has 0 amide bonds. The Bertz CT molecular complexity index is 417. The number of nitrogens with zero attached hydrogens (tertiary/aromatic N) is 3. The molecule has 0 spiro atoms. The van der Waals surface area contributed by atoms with Gasteiger partial charge in [-0.1, -0.05) is 12.1 Å². The molecule has 90 valence electrons. The number of para-hydroxylation sites is 1. The van der Waals surface area contributed by atoms with Crippen molar-refractivity contribution in [2.75, 3.05) is 31.1 Å². The summed E-state index contributed by atoms with van der Waals surface area (Å²) in [4.78, 5) is 4.24. The van der Waals surface area contributed by atoms with Gasteiger partial charge in [-0.3, -0.25) is 4.90 Å². The van der Waals surface area contributed by atoms with Crippen LogP contribution in [0.2, 0.25) is 0 Å².